The Morgan fingerprint density at radius 1 is 1.10 bits per heavy atom. The van der Waals surface area contributed by atoms with Crippen LogP contribution >= 0.6 is 0 Å². The lowest BCUT2D eigenvalue weighted by Gasteiger charge is -2.19. The number of nitrogens with zero attached hydrogens (tertiary/aromatic N) is 3. The van der Waals surface area contributed by atoms with E-state index in [0.29, 0.717) is 13.1 Å². The molecular weight excluding hydrogens is 418 g/mol. The highest BCUT2D eigenvalue weighted by atomic mass is 19.4. The lowest BCUT2D eigenvalue weighted by atomic mass is 10.1. The summed E-state index contributed by atoms with van der Waals surface area (Å²) in [7, 11) is 0. The molecule has 0 bridgehead atoms. The number of carbonyl (C=O) groups is 1. The third-order valence-electron chi connectivity index (χ3n) is 4.68. The van der Waals surface area contributed by atoms with Crippen molar-refractivity contribution < 1.29 is 27.1 Å². The average Bonchev–Trinajstić information content (AvgIpc) is 2.70. The second-order valence-corrected chi connectivity index (χ2v) is 6.61. The predicted molar refractivity (Wildman–Crippen MR) is 106 cm³/mol. The van der Waals surface area contributed by atoms with Gasteiger partial charge in [-0.25, -0.2) is 9.07 Å². The van der Waals surface area contributed by atoms with Gasteiger partial charge in [0.2, 0.25) is 11.3 Å². The summed E-state index contributed by atoms with van der Waals surface area (Å²) in [4.78, 5) is 26.9. The van der Waals surface area contributed by atoms with Crippen molar-refractivity contribution in [1.29, 1.82) is 0 Å². The topological polar surface area (TPSA) is 64.4 Å². The first-order chi connectivity index (χ1) is 14.6. The number of rotatable bonds is 6. The molecule has 31 heavy (non-hydrogen) atoms. The van der Waals surface area contributed by atoms with Crippen LogP contribution in [0.2, 0.25) is 0 Å². The van der Waals surface area contributed by atoms with E-state index in [1.54, 1.807) is 13.8 Å². The van der Waals surface area contributed by atoms with Crippen LogP contribution in [0, 0.1) is 5.82 Å². The molecule has 1 heterocycles. The van der Waals surface area contributed by atoms with Crippen LogP contribution in [0.4, 0.5) is 17.6 Å². The zero-order valence-electron chi connectivity index (χ0n) is 16.7. The van der Waals surface area contributed by atoms with E-state index in [0.717, 1.165) is 18.2 Å². The minimum Gasteiger partial charge on any atom is -0.406 e. The van der Waals surface area contributed by atoms with E-state index in [2.05, 4.69) is 9.84 Å². The number of hydrogen-bond donors (Lipinski definition) is 0. The van der Waals surface area contributed by atoms with E-state index in [1.165, 1.54) is 33.8 Å². The molecule has 0 atom stereocenters. The molecule has 0 unspecified atom stereocenters. The quantitative estimate of drug-likeness (QED) is 0.550. The fraction of sp³-hybridized carbons (Fsp3) is 0.286. The number of carbonyl (C=O) groups excluding carboxylic acids is 1. The van der Waals surface area contributed by atoms with Crippen molar-refractivity contribution in [2.75, 3.05) is 13.1 Å². The molecule has 3 aromatic rings. The van der Waals surface area contributed by atoms with Crippen molar-refractivity contribution in [2.24, 2.45) is 0 Å². The molecule has 1 amide bonds. The molecule has 0 saturated carbocycles. The van der Waals surface area contributed by atoms with Gasteiger partial charge in [-0.1, -0.05) is 6.07 Å². The minimum absolute atomic E-state index is 0.119. The van der Waals surface area contributed by atoms with Crippen LogP contribution in [-0.2, 0) is 11.2 Å². The van der Waals surface area contributed by atoms with Crippen LogP contribution in [0.25, 0.3) is 16.6 Å². The standard InChI is InChI=1S/C21H19F4N3O3/c1-3-27(4-2)18(29)12-16-20(30)19-15(22)6-5-7-17(19)28(26-16)13-8-10-14(11-9-13)31-21(23,24)25/h5-11H,3-4,12H2,1-2H3. The van der Waals surface area contributed by atoms with Crippen LogP contribution in [-0.4, -0.2) is 40.0 Å². The zero-order chi connectivity index (χ0) is 22.8. The Morgan fingerprint density at radius 3 is 2.32 bits per heavy atom. The Kier molecular flexibility index (Phi) is 6.28. The van der Waals surface area contributed by atoms with Gasteiger partial charge in [-0.15, -0.1) is 13.2 Å². The number of halogens is 4. The van der Waals surface area contributed by atoms with Crippen molar-refractivity contribution in [1.82, 2.24) is 14.7 Å². The lowest BCUT2D eigenvalue weighted by Crippen LogP contribution is -2.34. The van der Waals surface area contributed by atoms with Crippen LogP contribution in [0.15, 0.2) is 47.3 Å². The van der Waals surface area contributed by atoms with Gasteiger partial charge in [-0.3, -0.25) is 9.59 Å². The third-order valence-corrected chi connectivity index (χ3v) is 4.68. The molecule has 164 valence electrons. The van der Waals surface area contributed by atoms with Gasteiger partial charge < -0.3 is 9.64 Å². The first-order valence-electron chi connectivity index (χ1n) is 9.49. The van der Waals surface area contributed by atoms with Crippen LogP contribution in [0.1, 0.15) is 19.5 Å². The summed E-state index contributed by atoms with van der Waals surface area (Å²) in [5.74, 6) is -1.57. The summed E-state index contributed by atoms with van der Waals surface area (Å²) in [6.45, 7) is 4.45. The van der Waals surface area contributed by atoms with Gasteiger partial charge in [-0.05, 0) is 50.2 Å². The van der Waals surface area contributed by atoms with Gasteiger partial charge >= 0.3 is 6.36 Å². The van der Waals surface area contributed by atoms with E-state index < -0.39 is 23.4 Å². The smallest absolute Gasteiger partial charge is 0.406 e. The van der Waals surface area contributed by atoms with Crippen molar-refractivity contribution in [3.8, 4) is 11.4 Å². The Bertz CT molecular complexity index is 1150. The molecular formula is C21H19F4N3O3. The van der Waals surface area contributed by atoms with Gasteiger partial charge in [-0.2, -0.15) is 5.10 Å². The minimum atomic E-state index is -4.84. The number of likely N-dealkylation sites (N-methyl/N-ethyl adjacent to an activating group) is 1. The van der Waals surface area contributed by atoms with Gasteiger partial charge in [0.25, 0.3) is 0 Å². The molecule has 0 aliphatic carbocycles. The molecule has 10 heteroatoms. The van der Waals surface area contributed by atoms with Crippen molar-refractivity contribution >= 4 is 16.8 Å². The van der Waals surface area contributed by atoms with Gasteiger partial charge in [0, 0.05) is 13.1 Å². The summed E-state index contributed by atoms with van der Waals surface area (Å²) in [6, 6.07) is 8.70. The average molecular weight is 437 g/mol. The van der Waals surface area contributed by atoms with Gasteiger partial charge in [0.15, 0.2) is 0 Å². The molecule has 0 aliphatic heterocycles. The van der Waals surface area contributed by atoms with E-state index >= 15 is 0 Å². The number of amides is 1. The number of hydrogen-bond acceptors (Lipinski definition) is 4. The number of aromatic nitrogens is 2. The maximum Gasteiger partial charge on any atom is 0.573 e. The van der Waals surface area contributed by atoms with Crippen molar-refractivity contribution in [3.63, 3.8) is 0 Å². The molecule has 1 aromatic heterocycles. The largest absolute Gasteiger partial charge is 0.573 e. The fourth-order valence-corrected chi connectivity index (χ4v) is 3.21. The number of benzene rings is 2. The first-order valence-corrected chi connectivity index (χ1v) is 9.49. The highest BCUT2D eigenvalue weighted by molar-refractivity contribution is 5.83. The van der Waals surface area contributed by atoms with Crippen LogP contribution in [0.3, 0.4) is 0 Å². The number of alkyl halides is 3. The Labute approximate surface area is 174 Å². The Hall–Kier alpha value is -3.43. The molecule has 0 N–H and O–H groups in total. The Morgan fingerprint density at radius 2 is 1.74 bits per heavy atom. The van der Waals surface area contributed by atoms with Crippen LogP contribution < -0.4 is 10.2 Å². The van der Waals surface area contributed by atoms with E-state index in [4.69, 9.17) is 0 Å². The van der Waals surface area contributed by atoms with E-state index in [1.807, 2.05) is 0 Å². The SMILES string of the molecule is CCN(CC)C(=O)Cc1nn(-c2ccc(OC(F)(F)F)cc2)c2cccc(F)c2c1=O. The molecule has 6 nitrogen and oxygen atoms in total. The second kappa shape index (κ2) is 8.75. The normalized spacial score (nSPS) is 11.5. The molecule has 0 spiro atoms. The van der Waals surface area contributed by atoms with E-state index in [-0.39, 0.29) is 34.6 Å². The highest BCUT2D eigenvalue weighted by Crippen LogP contribution is 2.25. The fourth-order valence-electron chi connectivity index (χ4n) is 3.21. The lowest BCUT2D eigenvalue weighted by molar-refractivity contribution is -0.274. The second-order valence-electron chi connectivity index (χ2n) is 6.61. The summed E-state index contributed by atoms with van der Waals surface area (Å²) < 4.78 is 56.8. The van der Waals surface area contributed by atoms with Crippen molar-refractivity contribution in [3.05, 3.63) is 64.2 Å². The Balaban J connectivity index is 2.13. The molecule has 0 radical (unpaired) electrons. The van der Waals surface area contributed by atoms with E-state index in [9.17, 15) is 27.2 Å². The first kappa shape index (κ1) is 22.3. The van der Waals surface area contributed by atoms with Gasteiger partial charge in [0.1, 0.15) is 17.3 Å². The van der Waals surface area contributed by atoms with Crippen LogP contribution in [0.5, 0.6) is 5.75 Å². The summed E-state index contributed by atoms with van der Waals surface area (Å²) in [5.41, 5.74) is -0.484. The summed E-state index contributed by atoms with van der Waals surface area (Å²) >= 11 is 0. The summed E-state index contributed by atoms with van der Waals surface area (Å²) in [6.07, 6.45) is -5.18. The predicted octanol–water partition coefficient (Wildman–Crippen LogP) is 3.83. The number of ether oxygens (including phenoxy) is 1. The molecule has 3 rings (SSSR count). The summed E-state index contributed by atoms with van der Waals surface area (Å²) in [5, 5.41) is 3.98. The highest BCUT2D eigenvalue weighted by Gasteiger charge is 2.31. The maximum atomic E-state index is 14.5. The van der Waals surface area contributed by atoms with Gasteiger partial charge in [0.05, 0.1) is 23.0 Å². The molecule has 0 saturated heterocycles. The van der Waals surface area contributed by atoms with Crippen molar-refractivity contribution in [2.45, 2.75) is 26.6 Å². The molecule has 2 aromatic carbocycles. The number of fused-ring (bicyclic) bond motifs is 1. The monoisotopic (exact) mass is 437 g/mol. The third kappa shape index (κ3) is 4.84. The maximum absolute atomic E-state index is 14.5. The molecule has 0 aliphatic rings. The zero-order valence-corrected chi connectivity index (χ0v) is 16.7. The molecule has 0 fully saturated rings.